The van der Waals surface area contributed by atoms with E-state index in [2.05, 4.69) is 38.7 Å². The van der Waals surface area contributed by atoms with Crippen molar-refractivity contribution in [2.24, 2.45) is 5.41 Å². The van der Waals surface area contributed by atoms with Gasteiger partial charge >= 0.3 is 0 Å². The third-order valence-corrected chi connectivity index (χ3v) is 3.76. The van der Waals surface area contributed by atoms with Crippen LogP contribution in [0, 0.1) is 16.7 Å². The number of nitrogens with zero attached hydrogens (tertiary/aromatic N) is 2. The number of hydrogen-bond donors (Lipinski definition) is 0. The molecule has 1 rings (SSSR count). The molecule has 1 fully saturated rings. The molecule has 0 amide bonds. The Hall–Kier alpha value is -0.550. The van der Waals surface area contributed by atoms with Gasteiger partial charge < -0.3 is 0 Å². The van der Waals surface area contributed by atoms with Crippen LogP contribution in [0.25, 0.3) is 0 Å². The zero-order valence-corrected chi connectivity index (χ0v) is 10.6. The fourth-order valence-corrected chi connectivity index (χ4v) is 2.33. The summed E-state index contributed by atoms with van der Waals surface area (Å²) in [7, 11) is 0. The van der Waals surface area contributed by atoms with Crippen LogP contribution in [0.4, 0.5) is 0 Å². The highest BCUT2D eigenvalue weighted by Gasteiger charge is 2.33. The van der Waals surface area contributed by atoms with E-state index in [1.54, 1.807) is 0 Å². The first-order chi connectivity index (χ1) is 6.87. The second kappa shape index (κ2) is 4.53. The zero-order valence-electron chi connectivity index (χ0n) is 10.6. The van der Waals surface area contributed by atoms with Crippen LogP contribution in [-0.2, 0) is 0 Å². The molecule has 0 unspecified atom stereocenters. The van der Waals surface area contributed by atoms with E-state index in [9.17, 15) is 0 Å². The van der Waals surface area contributed by atoms with Gasteiger partial charge in [0, 0.05) is 12.0 Å². The van der Waals surface area contributed by atoms with Gasteiger partial charge in [0.1, 0.15) is 0 Å². The topological polar surface area (TPSA) is 27.0 Å². The van der Waals surface area contributed by atoms with Crippen molar-refractivity contribution >= 4 is 0 Å². The van der Waals surface area contributed by atoms with Gasteiger partial charge in [0.05, 0.1) is 6.07 Å². The van der Waals surface area contributed by atoms with Crippen LogP contribution < -0.4 is 0 Å². The lowest BCUT2D eigenvalue weighted by Crippen LogP contribution is -2.48. The first-order valence-corrected chi connectivity index (χ1v) is 5.99. The van der Waals surface area contributed by atoms with Crippen molar-refractivity contribution in [3.63, 3.8) is 0 Å². The average molecular weight is 208 g/mol. The molecule has 0 bridgehead atoms. The number of hydrogen-bond acceptors (Lipinski definition) is 2. The summed E-state index contributed by atoms with van der Waals surface area (Å²) in [5, 5.41) is 8.63. The number of nitriles is 1. The van der Waals surface area contributed by atoms with Crippen molar-refractivity contribution in [1.29, 1.82) is 5.26 Å². The number of rotatable bonds is 2. The Morgan fingerprint density at radius 1 is 1.27 bits per heavy atom. The summed E-state index contributed by atoms with van der Waals surface area (Å²) in [6.45, 7) is 11.6. The lowest BCUT2D eigenvalue weighted by molar-refractivity contribution is 0.0476. The van der Waals surface area contributed by atoms with Gasteiger partial charge in [-0.25, -0.2) is 0 Å². The molecule has 0 aliphatic carbocycles. The molecule has 0 radical (unpaired) electrons. The highest BCUT2D eigenvalue weighted by atomic mass is 15.2. The van der Waals surface area contributed by atoms with Gasteiger partial charge in [-0.2, -0.15) is 5.26 Å². The Bertz CT molecular complexity index is 236. The lowest BCUT2D eigenvalue weighted by Gasteiger charge is -2.45. The second-order valence-corrected chi connectivity index (χ2v) is 6.13. The van der Waals surface area contributed by atoms with E-state index in [0.29, 0.717) is 17.4 Å². The maximum Gasteiger partial charge on any atom is 0.0621 e. The van der Waals surface area contributed by atoms with E-state index in [1.807, 2.05) is 0 Å². The predicted molar refractivity (Wildman–Crippen MR) is 63.5 cm³/mol. The zero-order chi connectivity index (χ0) is 11.5. The minimum absolute atomic E-state index is 0.302. The Kier molecular flexibility index (Phi) is 3.78. The minimum Gasteiger partial charge on any atom is -0.298 e. The quantitative estimate of drug-likeness (QED) is 0.697. The minimum atomic E-state index is 0.302. The number of piperidine rings is 1. The van der Waals surface area contributed by atoms with E-state index in [0.717, 1.165) is 6.42 Å². The van der Waals surface area contributed by atoms with Gasteiger partial charge in [0.15, 0.2) is 0 Å². The van der Waals surface area contributed by atoms with E-state index < -0.39 is 0 Å². The van der Waals surface area contributed by atoms with Crippen LogP contribution in [0.5, 0.6) is 0 Å². The SMILES string of the molecule is CC1(CCC#N)CCN(C(C)(C)C)CC1. The molecule has 0 aromatic rings. The Morgan fingerprint density at radius 2 is 1.80 bits per heavy atom. The molecule has 2 nitrogen and oxygen atoms in total. The lowest BCUT2D eigenvalue weighted by atomic mass is 9.76. The van der Waals surface area contributed by atoms with E-state index in [4.69, 9.17) is 5.26 Å². The molecule has 15 heavy (non-hydrogen) atoms. The molecule has 1 heterocycles. The molecule has 0 spiro atoms. The highest BCUT2D eigenvalue weighted by Crippen LogP contribution is 2.37. The summed E-state index contributed by atoms with van der Waals surface area (Å²) < 4.78 is 0. The molecule has 0 aromatic carbocycles. The average Bonchev–Trinajstić information content (AvgIpc) is 2.14. The first kappa shape index (κ1) is 12.5. The molecule has 0 N–H and O–H groups in total. The predicted octanol–water partition coefficient (Wildman–Crippen LogP) is 3.19. The smallest absolute Gasteiger partial charge is 0.0621 e. The third kappa shape index (κ3) is 3.50. The third-order valence-electron chi connectivity index (χ3n) is 3.76. The van der Waals surface area contributed by atoms with E-state index >= 15 is 0 Å². The maximum absolute atomic E-state index is 8.63. The summed E-state index contributed by atoms with van der Waals surface area (Å²) in [6.07, 6.45) is 4.27. The van der Waals surface area contributed by atoms with Gasteiger partial charge in [-0.15, -0.1) is 0 Å². The Labute approximate surface area is 94.3 Å². The Morgan fingerprint density at radius 3 is 2.20 bits per heavy atom. The summed E-state index contributed by atoms with van der Waals surface area (Å²) in [6, 6.07) is 2.27. The van der Waals surface area contributed by atoms with Crippen LogP contribution in [0.2, 0.25) is 0 Å². The fourth-order valence-electron chi connectivity index (χ4n) is 2.33. The van der Waals surface area contributed by atoms with Crippen molar-refractivity contribution in [2.45, 2.75) is 58.9 Å². The molecular formula is C13H24N2. The molecule has 0 atom stereocenters. The van der Waals surface area contributed by atoms with Crippen LogP contribution in [0.15, 0.2) is 0 Å². The monoisotopic (exact) mass is 208 g/mol. The number of likely N-dealkylation sites (tertiary alicyclic amines) is 1. The van der Waals surface area contributed by atoms with Crippen molar-refractivity contribution < 1.29 is 0 Å². The van der Waals surface area contributed by atoms with Crippen LogP contribution in [0.1, 0.15) is 53.4 Å². The summed E-state index contributed by atoms with van der Waals surface area (Å²) >= 11 is 0. The maximum atomic E-state index is 8.63. The van der Waals surface area contributed by atoms with E-state index in [1.165, 1.54) is 25.9 Å². The van der Waals surface area contributed by atoms with Crippen molar-refractivity contribution in [2.75, 3.05) is 13.1 Å². The van der Waals surface area contributed by atoms with Crippen LogP contribution in [0.3, 0.4) is 0 Å². The van der Waals surface area contributed by atoms with Crippen molar-refractivity contribution in [1.82, 2.24) is 4.90 Å². The molecule has 1 saturated heterocycles. The first-order valence-electron chi connectivity index (χ1n) is 5.99. The van der Waals surface area contributed by atoms with Gasteiger partial charge in [0.25, 0.3) is 0 Å². The fraction of sp³-hybridized carbons (Fsp3) is 0.923. The molecular weight excluding hydrogens is 184 g/mol. The van der Waals surface area contributed by atoms with Gasteiger partial charge in [-0.05, 0) is 58.5 Å². The van der Waals surface area contributed by atoms with E-state index in [-0.39, 0.29) is 0 Å². The second-order valence-electron chi connectivity index (χ2n) is 6.13. The highest BCUT2D eigenvalue weighted by molar-refractivity contribution is 4.89. The molecule has 0 saturated carbocycles. The summed E-state index contributed by atoms with van der Waals surface area (Å²) in [4.78, 5) is 2.56. The van der Waals surface area contributed by atoms with Gasteiger partial charge in [-0.3, -0.25) is 4.90 Å². The molecule has 1 aliphatic rings. The molecule has 1 aliphatic heterocycles. The normalized spacial score (nSPS) is 22.3. The van der Waals surface area contributed by atoms with Gasteiger partial charge in [-0.1, -0.05) is 6.92 Å². The van der Waals surface area contributed by atoms with Crippen LogP contribution >= 0.6 is 0 Å². The molecule has 2 heteroatoms. The van der Waals surface area contributed by atoms with Crippen molar-refractivity contribution in [3.05, 3.63) is 0 Å². The summed E-state index contributed by atoms with van der Waals surface area (Å²) in [5.74, 6) is 0. The Balaban J connectivity index is 2.45. The molecule has 86 valence electrons. The summed E-state index contributed by atoms with van der Waals surface area (Å²) in [5.41, 5.74) is 0.716. The van der Waals surface area contributed by atoms with Crippen LogP contribution in [-0.4, -0.2) is 23.5 Å². The standard InChI is InChI=1S/C13H24N2/c1-12(2,3)15-10-7-13(4,8-11-15)6-5-9-14/h5-8,10-11H2,1-4H3. The largest absolute Gasteiger partial charge is 0.298 e. The van der Waals surface area contributed by atoms with Gasteiger partial charge in [0.2, 0.25) is 0 Å². The van der Waals surface area contributed by atoms with Crippen molar-refractivity contribution in [3.8, 4) is 6.07 Å². The molecule has 0 aromatic heterocycles.